The number of anilines is 1. The Morgan fingerprint density at radius 3 is 2.21 bits per heavy atom. The van der Waals surface area contributed by atoms with E-state index in [1.807, 2.05) is 6.92 Å². The van der Waals surface area contributed by atoms with E-state index in [1.165, 1.54) is 20.3 Å². The Morgan fingerprint density at radius 2 is 1.60 bits per heavy atom. The first-order chi connectivity index (χ1) is 21.7. The number of amides is 2. The molecule has 1 unspecified atom stereocenters. The molecule has 3 aliphatic carbocycles. The molecule has 0 heterocycles. The summed E-state index contributed by atoms with van der Waals surface area (Å²) in [5.74, 6) is -4.87. The van der Waals surface area contributed by atoms with E-state index in [4.69, 9.17) is 14.2 Å². The standard InChI is InChI=1S/C32H40F5N2O6PS/c1-32(31(42)44-3)11-9-20(10-12-32)45-25-15-21(24(43-2)16-23(25)34)29(40)39-28-18-6-5-17(13-18)27(28)30(41)38-19-7-8-22(33)26(14-19)47(4,35,36,37)46/h7-8,14-18,20,27-28H,5-6,9-13,46H2,1-4H3,(H,38,41)(H,39,40)/t17-,18+,20?,27-,28+,32?/m0/s1. The van der Waals surface area contributed by atoms with E-state index >= 15 is 4.39 Å². The molecule has 2 aromatic rings. The number of benzene rings is 2. The van der Waals surface area contributed by atoms with Gasteiger partial charge in [0.1, 0.15) is 11.6 Å². The summed E-state index contributed by atoms with van der Waals surface area (Å²) in [6, 6.07) is 3.97. The maximum Gasteiger partial charge on any atom is 0.311 e. The van der Waals surface area contributed by atoms with Crippen molar-refractivity contribution in [1.29, 1.82) is 0 Å². The molecule has 2 amide bonds. The Bertz CT molecular complexity index is 1600. The number of methoxy groups -OCH3 is 2. The van der Waals surface area contributed by atoms with E-state index in [-0.39, 0.29) is 46.8 Å². The summed E-state index contributed by atoms with van der Waals surface area (Å²) in [5.41, 5.74) is -0.883. The van der Waals surface area contributed by atoms with Gasteiger partial charge in [0.15, 0.2) is 11.6 Å². The Labute approximate surface area is 271 Å². The van der Waals surface area contributed by atoms with Crippen molar-refractivity contribution in [2.24, 2.45) is 23.2 Å². The zero-order valence-electron chi connectivity index (χ0n) is 26.5. The van der Waals surface area contributed by atoms with Crippen LogP contribution < -0.4 is 20.1 Å². The number of hydrogen-bond donors (Lipinski definition) is 2. The molecule has 3 aliphatic rings. The van der Waals surface area contributed by atoms with E-state index in [0.29, 0.717) is 50.7 Å². The summed E-state index contributed by atoms with van der Waals surface area (Å²) in [4.78, 5) is 37.9. The van der Waals surface area contributed by atoms with Crippen LogP contribution >= 0.6 is 17.5 Å². The molecule has 2 aromatic carbocycles. The first kappa shape index (κ1) is 35.2. The number of rotatable bonds is 9. The van der Waals surface area contributed by atoms with Gasteiger partial charge in [-0.2, -0.15) is 0 Å². The highest BCUT2D eigenvalue weighted by Crippen LogP contribution is 3.02. The summed E-state index contributed by atoms with van der Waals surface area (Å²) in [7, 11) is -4.01. The van der Waals surface area contributed by atoms with Crippen molar-refractivity contribution in [3.63, 3.8) is 0 Å². The van der Waals surface area contributed by atoms with Gasteiger partial charge in [0.25, 0.3) is 5.91 Å². The third kappa shape index (κ3) is 7.33. The van der Waals surface area contributed by atoms with Crippen molar-refractivity contribution < 1.29 is 49.0 Å². The molecule has 3 fully saturated rings. The molecular formula is C32H40F5N2O6PS. The number of fused-ring (bicyclic) bond motifs is 2. The number of nitrogens with one attached hydrogen (secondary N) is 2. The fraction of sp³-hybridized carbons (Fsp3) is 0.531. The Kier molecular flexibility index (Phi) is 8.83. The predicted octanol–water partition coefficient (Wildman–Crippen LogP) is 7.57. The minimum absolute atomic E-state index is 0.0161. The van der Waals surface area contributed by atoms with Crippen LogP contribution in [0.5, 0.6) is 11.5 Å². The van der Waals surface area contributed by atoms with Crippen molar-refractivity contribution >= 4 is 41.0 Å². The Morgan fingerprint density at radius 1 is 0.936 bits per heavy atom. The average Bonchev–Trinajstić information content (AvgIpc) is 3.60. The molecule has 0 spiro atoms. The number of esters is 1. The summed E-state index contributed by atoms with van der Waals surface area (Å²) in [6.07, 6.45) is 3.61. The SMILES string of the molecule is COC(=O)C1(C)CCC(Oc2cc(C(=O)N[C@@H]3[C@@H]4CC[C@@H](C4)[C@@H]3C(=O)Nc3ccc(F)c(S(C)(F)(F)(F)P)c3)c(OC)cc2F)CC1. The van der Waals surface area contributed by atoms with Crippen molar-refractivity contribution in [3.8, 4) is 11.5 Å². The van der Waals surface area contributed by atoms with E-state index in [0.717, 1.165) is 27.0 Å². The van der Waals surface area contributed by atoms with Crippen molar-refractivity contribution in [2.45, 2.75) is 68.9 Å². The van der Waals surface area contributed by atoms with Crippen LogP contribution in [0.15, 0.2) is 35.2 Å². The van der Waals surface area contributed by atoms with Crippen molar-refractivity contribution in [3.05, 3.63) is 47.5 Å². The molecule has 15 heteroatoms. The molecule has 47 heavy (non-hydrogen) atoms. The first-order valence-corrected chi connectivity index (χ1v) is 19.4. The molecule has 0 radical (unpaired) electrons. The monoisotopic (exact) mass is 706 g/mol. The van der Waals surface area contributed by atoms with Gasteiger partial charge >= 0.3 is 5.97 Å². The molecular weight excluding hydrogens is 666 g/mol. The fourth-order valence-corrected chi connectivity index (χ4v) is 8.87. The third-order valence-corrected chi connectivity index (χ3v) is 12.1. The minimum Gasteiger partial charge on any atom is -0.496 e. The second-order valence-electron chi connectivity index (χ2n) is 13.5. The fourth-order valence-electron chi connectivity index (χ4n) is 7.28. The van der Waals surface area contributed by atoms with Gasteiger partial charge in [0.2, 0.25) is 5.91 Å². The second kappa shape index (κ2) is 11.8. The number of halogens is 5. The van der Waals surface area contributed by atoms with Crippen LogP contribution in [0.4, 0.5) is 26.1 Å². The summed E-state index contributed by atoms with van der Waals surface area (Å²) in [6.45, 7) is 1.81. The number of ether oxygens (including phenoxy) is 3. The van der Waals surface area contributed by atoms with Crippen molar-refractivity contribution in [2.75, 3.05) is 25.8 Å². The largest absolute Gasteiger partial charge is 0.496 e. The number of carbonyl (C=O) groups excluding carboxylic acids is 3. The molecule has 260 valence electrons. The average molecular weight is 707 g/mol. The minimum atomic E-state index is -7.48. The molecule has 8 nitrogen and oxygen atoms in total. The van der Waals surface area contributed by atoms with Gasteiger partial charge in [-0.3, -0.25) is 14.4 Å². The van der Waals surface area contributed by atoms with Gasteiger partial charge in [-0.25, -0.2) is 8.78 Å². The number of carbonyl (C=O) groups is 3. The van der Waals surface area contributed by atoms with E-state index in [1.54, 1.807) is 0 Å². The molecule has 5 atom stereocenters. The molecule has 5 rings (SSSR count). The van der Waals surface area contributed by atoms with Gasteiger partial charge in [-0.05, 0) is 96.4 Å². The lowest BCUT2D eigenvalue weighted by Gasteiger charge is -2.51. The van der Waals surface area contributed by atoms with Crippen LogP contribution in [0.25, 0.3) is 0 Å². The van der Waals surface area contributed by atoms with Crippen LogP contribution in [0, 0.1) is 34.8 Å². The molecule has 2 N–H and O–H groups in total. The highest BCUT2D eigenvalue weighted by Gasteiger charge is 2.56. The lowest BCUT2D eigenvalue weighted by Crippen LogP contribution is -2.48. The molecule has 3 saturated carbocycles. The maximum atomic E-state index is 15.1. The zero-order chi connectivity index (χ0) is 34.6. The lowest BCUT2D eigenvalue weighted by atomic mass is 9.75. The van der Waals surface area contributed by atoms with Crippen LogP contribution in [0.3, 0.4) is 0 Å². The van der Waals surface area contributed by atoms with E-state index in [9.17, 15) is 30.4 Å². The van der Waals surface area contributed by atoms with Crippen LogP contribution in [-0.4, -0.2) is 50.4 Å². The van der Waals surface area contributed by atoms with Gasteiger partial charge < -0.3 is 24.8 Å². The van der Waals surface area contributed by atoms with E-state index in [2.05, 4.69) is 10.6 Å². The maximum absolute atomic E-state index is 15.1. The highest BCUT2D eigenvalue weighted by atomic mass is 32.9. The summed E-state index contributed by atoms with van der Waals surface area (Å²) in [5, 5.41) is 5.42. The van der Waals surface area contributed by atoms with E-state index < -0.39 is 60.9 Å². The Balaban J connectivity index is 1.33. The summed E-state index contributed by atoms with van der Waals surface area (Å²) >= 11 is 0. The highest BCUT2D eigenvalue weighted by molar-refractivity contribution is 8.84. The third-order valence-electron chi connectivity index (χ3n) is 9.82. The van der Waals surface area contributed by atoms with Crippen molar-refractivity contribution in [1.82, 2.24) is 5.32 Å². The smallest absolute Gasteiger partial charge is 0.311 e. The summed E-state index contributed by atoms with van der Waals surface area (Å²) < 4.78 is 89.5. The number of hydrogen-bond acceptors (Lipinski definition) is 6. The van der Waals surface area contributed by atoms with Gasteiger partial charge in [-0.1, -0.05) is 0 Å². The van der Waals surface area contributed by atoms with Crippen LogP contribution in [0.2, 0.25) is 0 Å². The lowest BCUT2D eigenvalue weighted by molar-refractivity contribution is -0.154. The molecule has 0 saturated heterocycles. The first-order valence-electron chi connectivity index (χ1n) is 15.3. The van der Waals surface area contributed by atoms with Crippen LogP contribution in [0.1, 0.15) is 62.2 Å². The molecule has 2 bridgehead atoms. The predicted molar refractivity (Wildman–Crippen MR) is 171 cm³/mol. The Hall–Kier alpha value is -3.12. The van der Waals surface area contributed by atoms with Gasteiger partial charge in [0.05, 0.1) is 51.2 Å². The normalized spacial score (nSPS) is 28.5. The quantitative estimate of drug-likeness (QED) is 0.159. The van der Waals surface area contributed by atoms with Gasteiger partial charge in [-0.15, -0.1) is 11.7 Å². The second-order valence-corrected chi connectivity index (χ2v) is 21.1. The molecule has 0 aromatic heterocycles. The topological polar surface area (TPSA) is 103 Å². The van der Waals surface area contributed by atoms with Crippen LogP contribution in [-0.2, 0) is 14.3 Å². The zero-order valence-corrected chi connectivity index (χ0v) is 28.5. The van der Waals surface area contributed by atoms with Gasteiger partial charge in [0, 0.05) is 24.1 Å². The molecule has 0 aliphatic heterocycles.